The van der Waals surface area contributed by atoms with Crippen molar-refractivity contribution in [1.82, 2.24) is 9.97 Å². The Hall–Kier alpha value is -2.34. The van der Waals surface area contributed by atoms with Crippen molar-refractivity contribution < 1.29 is 4.79 Å². The summed E-state index contributed by atoms with van der Waals surface area (Å²) in [6.07, 6.45) is 1.26. The molecule has 1 amide bonds. The Morgan fingerprint density at radius 2 is 1.89 bits per heavy atom. The fraction of sp³-hybridized carbons (Fsp3) is 0.0833. The molecule has 0 saturated carbocycles. The number of carbonyl (C=O) groups is 1. The van der Waals surface area contributed by atoms with Gasteiger partial charge in [0.2, 0.25) is 5.91 Å². The molecule has 0 fully saturated rings. The molecular formula is C12H10ClN3O3. The summed E-state index contributed by atoms with van der Waals surface area (Å²) in [5.74, 6) is -0.361. The zero-order chi connectivity index (χ0) is 13.8. The molecule has 0 atom stereocenters. The molecule has 0 aliphatic carbocycles. The zero-order valence-electron chi connectivity index (χ0n) is 9.70. The fourth-order valence-corrected chi connectivity index (χ4v) is 1.61. The summed E-state index contributed by atoms with van der Waals surface area (Å²) in [7, 11) is 0. The molecule has 0 bridgehead atoms. The third-order valence-electron chi connectivity index (χ3n) is 2.37. The lowest BCUT2D eigenvalue weighted by molar-refractivity contribution is -0.115. The largest absolute Gasteiger partial charge is 0.325 e. The van der Waals surface area contributed by atoms with Gasteiger partial charge in [-0.1, -0.05) is 23.7 Å². The molecule has 0 aliphatic heterocycles. The molecule has 1 aromatic carbocycles. The zero-order valence-corrected chi connectivity index (χ0v) is 10.5. The molecule has 1 heterocycles. The summed E-state index contributed by atoms with van der Waals surface area (Å²) >= 11 is 5.73. The smallest absolute Gasteiger partial charge is 0.320 e. The number of amides is 1. The van der Waals surface area contributed by atoms with Crippen molar-refractivity contribution >= 4 is 23.2 Å². The number of nitrogens with one attached hydrogen (secondary N) is 3. The molecule has 2 rings (SSSR count). The highest BCUT2D eigenvalue weighted by Crippen LogP contribution is 2.10. The highest BCUT2D eigenvalue weighted by molar-refractivity contribution is 6.30. The summed E-state index contributed by atoms with van der Waals surface area (Å²) in [4.78, 5) is 38.2. The average Bonchev–Trinajstić information content (AvgIpc) is 2.36. The van der Waals surface area contributed by atoms with Crippen molar-refractivity contribution in [3.63, 3.8) is 0 Å². The number of carbonyl (C=O) groups excluding carboxylic acids is 1. The van der Waals surface area contributed by atoms with Crippen molar-refractivity contribution in [2.75, 3.05) is 5.32 Å². The number of aromatic amines is 2. The molecule has 7 heteroatoms. The third-order valence-corrected chi connectivity index (χ3v) is 2.62. The van der Waals surface area contributed by atoms with Crippen LogP contribution in [0, 0.1) is 0 Å². The van der Waals surface area contributed by atoms with Crippen molar-refractivity contribution in [2.45, 2.75) is 6.42 Å². The number of anilines is 1. The Morgan fingerprint density at radius 1 is 1.21 bits per heavy atom. The number of hydrogen-bond donors (Lipinski definition) is 3. The van der Waals surface area contributed by atoms with Gasteiger partial charge in [-0.05, 0) is 17.7 Å². The topological polar surface area (TPSA) is 94.8 Å². The Balaban J connectivity index is 2.07. The molecule has 0 unspecified atom stereocenters. The van der Waals surface area contributed by atoms with Crippen LogP contribution in [0.15, 0.2) is 40.1 Å². The first kappa shape index (κ1) is 13.1. The Labute approximate surface area is 112 Å². The van der Waals surface area contributed by atoms with E-state index in [0.29, 0.717) is 5.02 Å². The minimum absolute atomic E-state index is 0.00133. The third kappa shape index (κ3) is 3.56. The van der Waals surface area contributed by atoms with Gasteiger partial charge < -0.3 is 10.3 Å². The van der Waals surface area contributed by atoms with Crippen LogP contribution in [-0.2, 0) is 11.2 Å². The molecule has 0 saturated heterocycles. The Bertz CT molecular complexity index is 703. The van der Waals surface area contributed by atoms with Crippen LogP contribution in [0.2, 0.25) is 5.02 Å². The van der Waals surface area contributed by atoms with Crippen molar-refractivity contribution in [2.24, 2.45) is 0 Å². The number of hydrogen-bond acceptors (Lipinski definition) is 3. The lowest BCUT2D eigenvalue weighted by atomic mass is 10.1. The van der Waals surface area contributed by atoms with E-state index < -0.39 is 11.2 Å². The van der Waals surface area contributed by atoms with E-state index in [1.54, 1.807) is 24.3 Å². The minimum Gasteiger partial charge on any atom is -0.320 e. The normalized spacial score (nSPS) is 10.2. The van der Waals surface area contributed by atoms with E-state index in [-0.39, 0.29) is 18.0 Å². The first-order chi connectivity index (χ1) is 9.04. The van der Waals surface area contributed by atoms with Crippen LogP contribution < -0.4 is 16.6 Å². The highest BCUT2D eigenvalue weighted by Gasteiger charge is 2.07. The van der Waals surface area contributed by atoms with E-state index in [2.05, 4.69) is 10.3 Å². The molecule has 19 heavy (non-hydrogen) atoms. The number of aromatic nitrogens is 2. The van der Waals surface area contributed by atoms with Crippen LogP contribution in [0.1, 0.15) is 5.56 Å². The number of benzene rings is 1. The average molecular weight is 280 g/mol. The summed E-state index contributed by atoms with van der Waals surface area (Å²) in [6.45, 7) is 0. The van der Waals surface area contributed by atoms with Crippen LogP contribution in [0.5, 0.6) is 0 Å². The lowest BCUT2D eigenvalue weighted by Gasteiger charge is -2.04. The van der Waals surface area contributed by atoms with Crippen LogP contribution in [-0.4, -0.2) is 15.9 Å². The summed E-state index contributed by atoms with van der Waals surface area (Å²) in [5, 5.41) is 3.00. The second-order valence-corrected chi connectivity index (χ2v) is 4.27. The van der Waals surface area contributed by atoms with Crippen molar-refractivity contribution in [3.8, 4) is 0 Å². The molecule has 1 aromatic heterocycles. The first-order valence-corrected chi connectivity index (χ1v) is 5.79. The van der Waals surface area contributed by atoms with E-state index in [9.17, 15) is 14.4 Å². The SMILES string of the molecule is O=C(Cc1ccc(Cl)cc1)Nc1c[nH]c(=O)[nH]c1=O. The van der Waals surface area contributed by atoms with E-state index >= 15 is 0 Å². The van der Waals surface area contributed by atoms with Gasteiger partial charge in [0.15, 0.2) is 0 Å². The van der Waals surface area contributed by atoms with Crippen LogP contribution in [0.3, 0.4) is 0 Å². The van der Waals surface area contributed by atoms with Crippen LogP contribution >= 0.6 is 11.6 Å². The maximum Gasteiger partial charge on any atom is 0.325 e. The standard InChI is InChI=1S/C12H10ClN3O3/c13-8-3-1-7(2-4-8)5-10(17)15-9-6-14-12(19)16-11(9)18/h1-4,6H,5H2,(H,15,17)(H2,14,16,18,19). The molecular weight excluding hydrogens is 270 g/mol. The first-order valence-electron chi connectivity index (χ1n) is 5.41. The lowest BCUT2D eigenvalue weighted by Crippen LogP contribution is -2.27. The van der Waals surface area contributed by atoms with Crippen molar-refractivity contribution in [1.29, 1.82) is 0 Å². The molecule has 0 aliphatic rings. The van der Waals surface area contributed by atoms with Gasteiger partial charge in [-0.25, -0.2) is 4.79 Å². The molecule has 2 aromatic rings. The summed E-state index contributed by atoms with van der Waals surface area (Å²) < 4.78 is 0. The van der Waals surface area contributed by atoms with Crippen LogP contribution in [0.25, 0.3) is 0 Å². The highest BCUT2D eigenvalue weighted by atomic mass is 35.5. The van der Waals surface area contributed by atoms with Gasteiger partial charge in [-0.15, -0.1) is 0 Å². The number of rotatable bonds is 3. The monoisotopic (exact) mass is 279 g/mol. The molecule has 98 valence electrons. The fourth-order valence-electron chi connectivity index (χ4n) is 1.48. The summed E-state index contributed by atoms with van der Waals surface area (Å²) in [6, 6.07) is 6.80. The maximum absolute atomic E-state index is 11.7. The van der Waals surface area contributed by atoms with Gasteiger partial charge in [0.05, 0.1) is 6.42 Å². The van der Waals surface area contributed by atoms with E-state index in [0.717, 1.165) is 11.8 Å². The predicted octanol–water partition coefficient (Wildman–Crippen LogP) is 0.898. The Morgan fingerprint density at radius 3 is 2.53 bits per heavy atom. The second kappa shape index (κ2) is 5.53. The van der Waals surface area contributed by atoms with Crippen molar-refractivity contribution in [3.05, 3.63) is 61.9 Å². The predicted molar refractivity (Wildman–Crippen MR) is 71.5 cm³/mol. The quantitative estimate of drug-likeness (QED) is 0.779. The van der Waals surface area contributed by atoms with Gasteiger partial charge >= 0.3 is 5.69 Å². The molecule has 3 N–H and O–H groups in total. The maximum atomic E-state index is 11.7. The number of halogens is 1. The molecule has 0 spiro atoms. The van der Waals surface area contributed by atoms with Gasteiger partial charge in [0.25, 0.3) is 5.56 Å². The minimum atomic E-state index is -0.645. The van der Waals surface area contributed by atoms with E-state index in [4.69, 9.17) is 11.6 Å². The van der Waals surface area contributed by atoms with Gasteiger partial charge in [0, 0.05) is 11.2 Å². The molecule has 0 radical (unpaired) electrons. The van der Waals surface area contributed by atoms with Crippen LogP contribution in [0.4, 0.5) is 5.69 Å². The van der Waals surface area contributed by atoms with Gasteiger partial charge in [-0.3, -0.25) is 14.6 Å². The van der Waals surface area contributed by atoms with E-state index in [1.165, 1.54) is 0 Å². The Kier molecular flexibility index (Phi) is 3.82. The van der Waals surface area contributed by atoms with E-state index in [1.807, 2.05) is 4.98 Å². The summed E-state index contributed by atoms with van der Waals surface area (Å²) in [5.41, 5.74) is -0.504. The van der Waals surface area contributed by atoms with Gasteiger partial charge in [0.1, 0.15) is 5.69 Å². The number of H-pyrrole nitrogens is 2. The second-order valence-electron chi connectivity index (χ2n) is 3.84. The molecule has 6 nitrogen and oxygen atoms in total. The van der Waals surface area contributed by atoms with Gasteiger partial charge in [-0.2, -0.15) is 0 Å².